The molecule has 0 saturated heterocycles. The van der Waals surface area contributed by atoms with Crippen LogP contribution in [0, 0.1) is 0 Å². The highest BCUT2D eigenvalue weighted by Crippen LogP contribution is 2.25. The standard InChI is InChI=1S/C11H10ClN3.ClH/c12-10-4-2-1-3-9(10)8-6-14-11(5-13)15-7-8;/h1-4,6-7H,5,13H2;1H. The monoisotopic (exact) mass is 255 g/mol. The van der Waals surface area contributed by atoms with Gasteiger partial charge in [0.25, 0.3) is 0 Å². The highest BCUT2D eigenvalue weighted by atomic mass is 35.5. The van der Waals surface area contributed by atoms with E-state index >= 15 is 0 Å². The van der Waals surface area contributed by atoms with Crippen LogP contribution in [0.2, 0.25) is 5.02 Å². The maximum atomic E-state index is 6.05. The van der Waals surface area contributed by atoms with Crippen LogP contribution < -0.4 is 5.73 Å². The zero-order valence-corrected chi connectivity index (χ0v) is 10.0. The fourth-order valence-electron chi connectivity index (χ4n) is 1.29. The molecule has 1 aromatic carbocycles. The van der Waals surface area contributed by atoms with Crippen molar-refractivity contribution >= 4 is 24.0 Å². The van der Waals surface area contributed by atoms with Crippen molar-refractivity contribution in [1.82, 2.24) is 9.97 Å². The van der Waals surface area contributed by atoms with Gasteiger partial charge in [0.15, 0.2) is 0 Å². The van der Waals surface area contributed by atoms with Gasteiger partial charge in [0, 0.05) is 28.5 Å². The Bertz CT molecular complexity index is 457. The third kappa shape index (κ3) is 2.70. The summed E-state index contributed by atoms with van der Waals surface area (Å²) < 4.78 is 0. The first-order valence-electron chi connectivity index (χ1n) is 4.57. The molecular formula is C11H11Cl2N3. The van der Waals surface area contributed by atoms with Crippen LogP contribution in [0.3, 0.4) is 0 Å². The summed E-state index contributed by atoms with van der Waals surface area (Å²) in [6, 6.07) is 7.59. The first kappa shape index (κ1) is 12.9. The third-order valence-corrected chi connectivity index (χ3v) is 2.40. The van der Waals surface area contributed by atoms with Crippen LogP contribution in [-0.2, 0) is 6.54 Å². The Balaban J connectivity index is 0.00000128. The van der Waals surface area contributed by atoms with E-state index in [1.807, 2.05) is 24.3 Å². The predicted octanol–water partition coefficient (Wildman–Crippen LogP) is 2.68. The molecule has 0 spiro atoms. The Labute approximate surface area is 105 Å². The zero-order chi connectivity index (χ0) is 10.7. The van der Waals surface area contributed by atoms with E-state index < -0.39 is 0 Å². The molecule has 1 aromatic heterocycles. The minimum Gasteiger partial charge on any atom is -0.324 e. The van der Waals surface area contributed by atoms with Crippen molar-refractivity contribution in [3.05, 3.63) is 47.5 Å². The van der Waals surface area contributed by atoms with Gasteiger partial charge in [-0.3, -0.25) is 0 Å². The smallest absolute Gasteiger partial charge is 0.141 e. The summed E-state index contributed by atoms with van der Waals surface area (Å²) in [6.07, 6.45) is 3.47. The first-order chi connectivity index (χ1) is 7.31. The molecule has 0 amide bonds. The Morgan fingerprint density at radius 1 is 1.12 bits per heavy atom. The number of nitrogens with zero attached hydrogens (tertiary/aromatic N) is 2. The largest absolute Gasteiger partial charge is 0.324 e. The number of rotatable bonds is 2. The van der Waals surface area contributed by atoms with Crippen LogP contribution in [0.15, 0.2) is 36.7 Å². The van der Waals surface area contributed by atoms with Gasteiger partial charge in [-0.1, -0.05) is 29.8 Å². The Morgan fingerprint density at radius 3 is 2.31 bits per heavy atom. The van der Waals surface area contributed by atoms with Crippen molar-refractivity contribution in [2.45, 2.75) is 6.54 Å². The minimum absolute atomic E-state index is 0. The first-order valence-corrected chi connectivity index (χ1v) is 4.95. The summed E-state index contributed by atoms with van der Waals surface area (Å²) in [5.41, 5.74) is 7.25. The molecule has 0 aliphatic carbocycles. The van der Waals surface area contributed by atoms with Crippen molar-refractivity contribution in [3.63, 3.8) is 0 Å². The summed E-state index contributed by atoms with van der Waals surface area (Å²) in [4.78, 5) is 8.24. The molecule has 3 nitrogen and oxygen atoms in total. The van der Waals surface area contributed by atoms with Gasteiger partial charge >= 0.3 is 0 Å². The van der Waals surface area contributed by atoms with Gasteiger partial charge in [-0.15, -0.1) is 12.4 Å². The number of hydrogen-bond donors (Lipinski definition) is 1. The molecule has 2 N–H and O–H groups in total. The highest BCUT2D eigenvalue weighted by molar-refractivity contribution is 6.33. The van der Waals surface area contributed by atoms with E-state index in [2.05, 4.69) is 9.97 Å². The molecule has 0 atom stereocenters. The van der Waals surface area contributed by atoms with Crippen molar-refractivity contribution in [3.8, 4) is 11.1 Å². The van der Waals surface area contributed by atoms with Gasteiger partial charge in [-0.2, -0.15) is 0 Å². The molecule has 84 valence electrons. The average Bonchev–Trinajstić information content (AvgIpc) is 2.30. The molecule has 0 bridgehead atoms. The summed E-state index contributed by atoms with van der Waals surface area (Å²) in [6.45, 7) is 0.350. The second-order valence-corrected chi connectivity index (χ2v) is 3.48. The fraction of sp³-hybridized carbons (Fsp3) is 0.0909. The second kappa shape index (κ2) is 5.80. The zero-order valence-electron chi connectivity index (χ0n) is 8.43. The number of aromatic nitrogens is 2. The molecule has 2 aromatic rings. The van der Waals surface area contributed by atoms with Crippen LogP contribution in [0.1, 0.15) is 5.82 Å². The number of hydrogen-bond acceptors (Lipinski definition) is 3. The quantitative estimate of drug-likeness (QED) is 0.898. The summed E-state index contributed by atoms with van der Waals surface area (Å²) in [7, 11) is 0. The molecule has 0 saturated carbocycles. The van der Waals surface area contributed by atoms with Crippen LogP contribution >= 0.6 is 24.0 Å². The Kier molecular flexibility index (Phi) is 4.68. The van der Waals surface area contributed by atoms with Gasteiger partial charge < -0.3 is 5.73 Å². The van der Waals surface area contributed by atoms with Gasteiger partial charge in [0.1, 0.15) is 5.82 Å². The molecule has 0 radical (unpaired) electrons. The second-order valence-electron chi connectivity index (χ2n) is 3.07. The minimum atomic E-state index is 0. The summed E-state index contributed by atoms with van der Waals surface area (Å²) in [5.74, 6) is 0.630. The fourth-order valence-corrected chi connectivity index (χ4v) is 1.54. The molecular weight excluding hydrogens is 245 g/mol. The van der Waals surface area contributed by atoms with Crippen LogP contribution in [-0.4, -0.2) is 9.97 Å². The van der Waals surface area contributed by atoms with E-state index in [0.29, 0.717) is 17.4 Å². The van der Waals surface area contributed by atoms with Crippen molar-refractivity contribution in [2.24, 2.45) is 5.73 Å². The lowest BCUT2D eigenvalue weighted by Crippen LogP contribution is -2.02. The van der Waals surface area contributed by atoms with Gasteiger partial charge in [-0.05, 0) is 6.07 Å². The highest BCUT2D eigenvalue weighted by Gasteiger charge is 2.03. The van der Waals surface area contributed by atoms with Crippen LogP contribution in [0.5, 0.6) is 0 Å². The summed E-state index contributed by atoms with van der Waals surface area (Å²) in [5, 5.41) is 0.696. The SMILES string of the molecule is Cl.NCc1ncc(-c2ccccc2Cl)cn1. The van der Waals surface area contributed by atoms with Crippen LogP contribution in [0.25, 0.3) is 11.1 Å². The van der Waals surface area contributed by atoms with E-state index in [4.69, 9.17) is 17.3 Å². The maximum Gasteiger partial charge on any atom is 0.141 e. The van der Waals surface area contributed by atoms with Gasteiger partial charge in [0.05, 0.1) is 6.54 Å². The topological polar surface area (TPSA) is 51.8 Å². The van der Waals surface area contributed by atoms with Gasteiger partial charge in [0.2, 0.25) is 0 Å². The molecule has 2 rings (SSSR count). The van der Waals surface area contributed by atoms with E-state index in [1.54, 1.807) is 12.4 Å². The van der Waals surface area contributed by atoms with E-state index in [0.717, 1.165) is 11.1 Å². The summed E-state index contributed by atoms with van der Waals surface area (Å²) >= 11 is 6.05. The molecule has 5 heteroatoms. The molecule has 16 heavy (non-hydrogen) atoms. The lowest BCUT2D eigenvalue weighted by atomic mass is 10.1. The van der Waals surface area contributed by atoms with Crippen molar-refractivity contribution < 1.29 is 0 Å². The Morgan fingerprint density at radius 2 is 1.75 bits per heavy atom. The number of nitrogens with two attached hydrogens (primary N) is 1. The van der Waals surface area contributed by atoms with Crippen LogP contribution in [0.4, 0.5) is 0 Å². The molecule has 0 aliphatic heterocycles. The third-order valence-electron chi connectivity index (χ3n) is 2.07. The lowest BCUT2D eigenvalue weighted by molar-refractivity contribution is 0.910. The number of benzene rings is 1. The normalized spacial score (nSPS) is 9.62. The van der Waals surface area contributed by atoms with Crippen molar-refractivity contribution in [2.75, 3.05) is 0 Å². The molecule has 0 fully saturated rings. The van der Waals surface area contributed by atoms with E-state index in [9.17, 15) is 0 Å². The van der Waals surface area contributed by atoms with Gasteiger partial charge in [-0.25, -0.2) is 9.97 Å². The van der Waals surface area contributed by atoms with Crippen molar-refractivity contribution in [1.29, 1.82) is 0 Å². The van der Waals surface area contributed by atoms with E-state index in [-0.39, 0.29) is 12.4 Å². The molecule has 0 aliphatic rings. The lowest BCUT2D eigenvalue weighted by Gasteiger charge is -2.03. The predicted molar refractivity (Wildman–Crippen MR) is 67.6 cm³/mol. The maximum absolute atomic E-state index is 6.05. The number of halogens is 2. The molecule has 0 unspecified atom stereocenters. The average molecular weight is 256 g/mol. The Hall–Kier alpha value is -1.16. The molecule has 1 heterocycles. The van der Waals surface area contributed by atoms with E-state index in [1.165, 1.54) is 0 Å².